The van der Waals surface area contributed by atoms with E-state index in [0.29, 0.717) is 0 Å². The molecule has 4 N–H and O–H groups in total. The molecule has 25 heteroatoms. The Hall–Kier alpha value is 1.45. The first-order chi connectivity index (χ1) is 14.2. The van der Waals surface area contributed by atoms with Crippen LogP contribution in [0.2, 0.25) is 0 Å². The number of rotatable bonds is 8. The fourth-order valence-electron chi connectivity index (χ4n) is 2.60. The number of ether oxygens (including phenoxy) is 1. The standard InChI is InChI=1S/C10H16N5O12P3S.4Li/c11-8-5-9(13-2-12-8)15(3-14-5)10-7(17)6(16)4(25-10)1-24-28(18,19)26-29(20,21)27-30(22,23)31;;;;/h2-4,6-7,10,16-17H,1H2,(H,18,19)(H,20,21)(H2,11,12,13)(H2,22,23,31);;;;/q;4*+1/p-4/t4-,6-,7-,10+;;;;/m1..../s1. The number of anilines is 1. The van der Waals surface area contributed by atoms with Crippen molar-refractivity contribution in [3.63, 3.8) is 0 Å². The van der Waals surface area contributed by atoms with Crippen LogP contribution in [0, 0.1) is 0 Å². The molecule has 3 rings (SSSR count). The fourth-order valence-corrected chi connectivity index (χ4v) is 6.20. The van der Waals surface area contributed by atoms with Gasteiger partial charge in [-0.2, -0.15) is 0 Å². The molecular formula is C10H12Li4N5O12P3S. The van der Waals surface area contributed by atoms with E-state index < -0.39 is 53.5 Å². The summed E-state index contributed by atoms with van der Waals surface area (Å²) in [6.45, 7) is -6.33. The van der Waals surface area contributed by atoms with Gasteiger partial charge in [-0.05, 0) is 0 Å². The number of nitrogens with zero attached hydrogens (tertiary/aromatic N) is 4. The molecule has 1 aliphatic heterocycles. The molecule has 0 bridgehead atoms. The number of aliphatic hydroxyl groups is 2. The zero-order chi connectivity index (χ0) is 23.2. The predicted octanol–water partition coefficient (Wildman–Crippen LogP) is -16.0. The summed E-state index contributed by atoms with van der Waals surface area (Å²) in [5.41, 5.74) is 5.97. The zero-order valence-electron chi connectivity index (χ0n) is 18.8. The number of nitrogens with two attached hydrogens (primary N) is 1. The third-order valence-electron chi connectivity index (χ3n) is 3.80. The molecule has 1 saturated heterocycles. The van der Waals surface area contributed by atoms with Crippen LogP contribution in [0.15, 0.2) is 12.7 Å². The van der Waals surface area contributed by atoms with E-state index in [9.17, 15) is 38.9 Å². The Morgan fingerprint density at radius 2 is 1.63 bits per heavy atom. The van der Waals surface area contributed by atoms with Crippen molar-refractivity contribution in [1.82, 2.24) is 19.5 Å². The van der Waals surface area contributed by atoms with Gasteiger partial charge in [-0.15, -0.1) is 11.8 Å². The normalized spacial score (nSPS) is 25.2. The average Bonchev–Trinajstić information content (AvgIpc) is 3.13. The molecule has 0 aliphatic carbocycles. The second kappa shape index (κ2) is 14.7. The van der Waals surface area contributed by atoms with Crippen molar-refractivity contribution < 1.29 is 132 Å². The van der Waals surface area contributed by atoms with Gasteiger partial charge in [0, 0.05) is 0 Å². The average molecular weight is 547 g/mol. The van der Waals surface area contributed by atoms with Crippen LogP contribution in [0.1, 0.15) is 6.23 Å². The van der Waals surface area contributed by atoms with Crippen molar-refractivity contribution in [2.24, 2.45) is 0 Å². The van der Waals surface area contributed by atoms with Crippen molar-refractivity contribution in [3.8, 4) is 0 Å². The van der Waals surface area contributed by atoms with Gasteiger partial charge in [-0.25, -0.2) is 19.3 Å². The number of nitrogen functional groups attached to an aromatic ring is 1. The molecule has 6 atom stereocenters. The first-order valence-electron chi connectivity index (χ1n) is 7.85. The Balaban J connectivity index is 0. The maximum absolute atomic E-state index is 11.7. The summed E-state index contributed by atoms with van der Waals surface area (Å²) in [4.78, 5) is 55.9. The number of aliphatic hydroxyl groups excluding tert-OH is 2. The van der Waals surface area contributed by atoms with Gasteiger partial charge in [0.2, 0.25) is 0 Å². The maximum atomic E-state index is 11.7. The van der Waals surface area contributed by atoms with Crippen LogP contribution < -0.4 is 101 Å². The van der Waals surface area contributed by atoms with E-state index in [0.717, 1.165) is 6.33 Å². The first kappa shape index (κ1) is 38.6. The smallest absolute Gasteiger partial charge is 0.812 e. The van der Waals surface area contributed by atoms with Crippen LogP contribution >= 0.6 is 22.4 Å². The van der Waals surface area contributed by atoms with E-state index in [1.54, 1.807) is 0 Å². The number of aromatic nitrogens is 4. The van der Waals surface area contributed by atoms with Crippen LogP contribution in [0.5, 0.6) is 0 Å². The van der Waals surface area contributed by atoms with Crippen LogP contribution in [-0.4, -0.2) is 54.7 Å². The Morgan fingerprint density at radius 1 is 1.03 bits per heavy atom. The molecule has 2 unspecified atom stereocenters. The van der Waals surface area contributed by atoms with E-state index in [4.69, 9.17) is 10.5 Å². The van der Waals surface area contributed by atoms with E-state index >= 15 is 0 Å². The molecule has 0 amide bonds. The summed E-state index contributed by atoms with van der Waals surface area (Å²) in [7, 11) is -11.6. The molecule has 1 fully saturated rings. The summed E-state index contributed by atoms with van der Waals surface area (Å²) >= 11 is 3.68. The molecule has 35 heavy (non-hydrogen) atoms. The van der Waals surface area contributed by atoms with E-state index in [1.165, 1.54) is 10.9 Å². The van der Waals surface area contributed by atoms with Crippen LogP contribution in [0.3, 0.4) is 0 Å². The number of phosphoric acid groups is 2. The van der Waals surface area contributed by atoms with Gasteiger partial charge in [-0.3, -0.25) is 13.7 Å². The van der Waals surface area contributed by atoms with Crippen LogP contribution in [0.25, 0.3) is 11.2 Å². The molecular weight excluding hydrogens is 535 g/mol. The largest absolute Gasteiger partial charge is 1.00 e. The topological polar surface area (TPSA) is 273 Å². The third-order valence-corrected chi connectivity index (χ3v) is 8.06. The van der Waals surface area contributed by atoms with Crippen molar-refractivity contribution in [2.45, 2.75) is 24.5 Å². The van der Waals surface area contributed by atoms with Gasteiger partial charge >= 0.3 is 75.4 Å². The molecule has 0 saturated carbocycles. The van der Waals surface area contributed by atoms with Gasteiger partial charge in [-0.1, -0.05) is 6.72 Å². The van der Waals surface area contributed by atoms with Gasteiger partial charge in [0.15, 0.2) is 17.7 Å². The monoisotopic (exact) mass is 547 g/mol. The first-order valence-corrected chi connectivity index (χ1v) is 13.3. The summed E-state index contributed by atoms with van der Waals surface area (Å²) in [5, 5.41) is 20.4. The Morgan fingerprint density at radius 3 is 2.20 bits per heavy atom. The van der Waals surface area contributed by atoms with Gasteiger partial charge in [0.05, 0.1) is 12.9 Å². The van der Waals surface area contributed by atoms with E-state index in [2.05, 4.69) is 39.9 Å². The number of fused-ring (bicyclic) bond motifs is 1. The molecule has 3 heterocycles. The second-order valence-corrected chi connectivity index (χ2v) is 11.5. The molecule has 17 nitrogen and oxygen atoms in total. The SMILES string of the molecule is Nc1ncnc2c1ncn2[C@H]1O[C@H](COP(=O)([O-])OP(=O)([O-])OP([O-])([O-])=S)[C@@H](O)[C@H]1O.[Li+].[Li+].[Li+].[Li+]. The molecule has 2 aromatic rings. The third kappa shape index (κ3) is 10.2. The predicted molar refractivity (Wildman–Crippen MR) is 93.3 cm³/mol. The number of imidazole rings is 1. The molecule has 0 radical (unpaired) electrons. The Labute approximate surface area is 250 Å². The number of hydrogen-bond donors (Lipinski definition) is 3. The molecule has 1 aliphatic rings. The van der Waals surface area contributed by atoms with E-state index in [1.807, 2.05) is 0 Å². The minimum atomic E-state index is -5.93. The minimum Gasteiger partial charge on any atom is -0.812 e. The summed E-state index contributed by atoms with van der Waals surface area (Å²) in [5.74, 6) is 0.0343. The van der Waals surface area contributed by atoms with Crippen molar-refractivity contribution in [2.75, 3.05) is 12.3 Å². The zero-order valence-corrected chi connectivity index (χ0v) is 22.3. The summed E-state index contributed by atoms with van der Waals surface area (Å²) in [6.07, 6.45) is -3.83. The van der Waals surface area contributed by atoms with Crippen molar-refractivity contribution in [3.05, 3.63) is 12.7 Å². The molecule has 174 valence electrons. The fraction of sp³-hybridized carbons (Fsp3) is 0.500. The second-order valence-electron chi connectivity index (χ2n) is 5.93. The molecule has 0 aromatic carbocycles. The quantitative estimate of drug-likeness (QED) is 0.204. The van der Waals surface area contributed by atoms with E-state index in [-0.39, 0.29) is 92.4 Å². The van der Waals surface area contributed by atoms with Crippen molar-refractivity contribution >= 4 is 51.2 Å². The van der Waals surface area contributed by atoms with Gasteiger partial charge in [0.1, 0.15) is 30.2 Å². The number of hydrogen-bond acceptors (Lipinski definition) is 17. The molecule has 0 spiro atoms. The van der Waals surface area contributed by atoms with Gasteiger partial charge < -0.3 is 49.1 Å². The maximum Gasteiger partial charge on any atom is 1.00 e. The minimum absolute atomic E-state index is 0. The summed E-state index contributed by atoms with van der Waals surface area (Å²) in [6, 6.07) is 0. The van der Waals surface area contributed by atoms with Crippen LogP contribution in [-0.2, 0) is 38.8 Å². The number of phosphoric ester groups is 1. The Bertz CT molecular complexity index is 1130. The van der Waals surface area contributed by atoms with Crippen LogP contribution in [0.4, 0.5) is 5.82 Å². The van der Waals surface area contributed by atoms with Gasteiger partial charge in [0.25, 0.3) is 15.6 Å². The summed E-state index contributed by atoms with van der Waals surface area (Å²) < 4.78 is 40.7. The molecule has 2 aromatic heterocycles. The van der Waals surface area contributed by atoms with Crippen molar-refractivity contribution in [1.29, 1.82) is 0 Å². The Kier molecular flexibility index (Phi) is 16.2.